The second-order valence-corrected chi connectivity index (χ2v) is 6.68. The molecule has 1 rings (SSSR count). The van der Waals surface area contributed by atoms with Gasteiger partial charge in [-0.05, 0) is 26.7 Å². The van der Waals surface area contributed by atoms with Gasteiger partial charge in [0, 0.05) is 26.1 Å². The number of hydrogen-bond donors (Lipinski definition) is 0. The van der Waals surface area contributed by atoms with Crippen LogP contribution in [0.3, 0.4) is 0 Å². The summed E-state index contributed by atoms with van der Waals surface area (Å²) in [5.74, 6) is 0.475. The van der Waals surface area contributed by atoms with Gasteiger partial charge >= 0.3 is 6.09 Å². The van der Waals surface area contributed by atoms with Crippen molar-refractivity contribution in [1.82, 2.24) is 9.80 Å². The van der Waals surface area contributed by atoms with Gasteiger partial charge in [-0.3, -0.25) is 4.79 Å². The molecule has 5 heteroatoms. The van der Waals surface area contributed by atoms with Crippen LogP contribution < -0.4 is 0 Å². The molecule has 0 aromatic heterocycles. The van der Waals surface area contributed by atoms with Crippen molar-refractivity contribution in [2.45, 2.75) is 59.6 Å². The summed E-state index contributed by atoms with van der Waals surface area (Å²) in [4.78, 5) is 27.7. The van der Waals surface area contributed by atoms with Crippen LogP contribution in [0.25, 0.3) is 0 Å². The minimum Gasteiger partial charge on any atom is -0.444 e. The fourth-order valence-corrected chi connectivity index (χ4v) is 2.39. The number of hydrogen-bond acceptors (Lipinski definition) is 3. The SMILES string of the molecule is CCC(=O)N1CCN(C(=O)OC(C)(C)C)CC1C(C)C. The van der Waals surface area contributed by atoms with Crippen molar-refractivity contribution in [3.05, 3.63) is 0 Å². The lowest BCUT2D eigenvalue weighted by Crippen LogP contribution is -2.58. The molecular formula is C15H28N2O3. The molecule has 1 aliphatic heterocycles. The number of carbonyl (C=O) groups excluding carboxylic acids is 2. The van der Waals surface area contributed by atoms with Gasteiger partial charge < -0.3 is 14.5 Å². The van der Waals surface area contributed by atoms with Crippen molar-refractivity contribution in [2.24, 2.45) is 5.92 Å². The fourth-order valence-electron chi connectivity index (χ4n) is 2.39. The lowest BCUT2D eigenvalue weighted by atomic mass is 9.99. The Labute approximate surface area is 122 Å². The number of nitrogens with zero attached hydrogens (tertiary/aromatic N) is 2. The van der Waals surface area contributed by atoms with E-state index in [1.807, 2.05) is 32.6 Å². The first kappa shape index (κ1) is 16.8. The summed E-state index contributed by atoms with van der Waals surface area (Å²) >= 11 is 0. The fraction of sp³-hybridized carbons (Fsp3) is 0.867. The zero-order valence-corrected chi connectivity index (χ0v) is 13.6. The maximum absolute atomic E-state index is 12.1. The predicted octanol–water partition coefficient (Wildman–Crippen LogP) is 2.50. The minimum atomic E-state index is -0.485. The summed E-state index contributed by atoms with van der Waals surface area (Å²) < 4.78 is 5.41. The third-order valence-electron chi connectivity index (χ3n) is 3.46. The second kappa shape index (κ2) is 6.46. The summed E-state index contributed by atoms with van der Waals surface area (Å²) in [6.07, 6.45) is 0.224. The maximum Gasteiger partial charge on any atom is 0.410 e. The summed E-state index contributed by atoms with van der Waals surface area (Å²) in [7, 11) is 0. The van der Waals surface area contributed by atoms with Crippen molar-refractivity contribution in [3.8, 4) is 0 Å². The van der Waals surface area contributed by atoms with Gasteiger partial charge in [0.2, 0.25) is 5.91 Å². The van der Waals surface area contributed by atoms with E-state index in [0.717, 1.165) is 0 Å². The van der Waals surface area contributed by atoms with Gasteiger partial charge in [-0.2, -0.15) is 0 Å². The number of piperazine rings is 1. The van der Waals surface area contributed by atoms with Crippen molar-refractivity contribution < 1.29 is 14.3 Å². The van der Waals surface area contributed by atoms with E-state index < -0.39 is 5.60 Å². The zero-order chi connectivity index (χ0) is 15.5. The maximum atomic E-state index is 12.1. The Morgan fingerprint density at radius 2 is 1.85 bits per heavy atom. The van der Waals surface area contributed by atoms with E-state index in [-0.39, 0.29) is 18.0 Å². The molecule has 0 aliphatic carbocycles. The molecule has 116 valence electrons. The van der Waals surface area contributed by atoms with E-state index in [2.05, 4.69) is 13.8 Å². The molecule has 20 heavy (non-hydrogen) atoms. The van der Waals surface area contributed by atoms with Crippen LogP contribution >= 0.6 is 0 Å². The van der Waals surface area contributed by atoms with Crippen LogP contribution in [0.5, 0.6) is 0 Å². The van der Waals surface area contributed by atoms with Gasteiger partial charge in [0.15, 0.2) is 0 Å². The molecule has 0 aromatic carbocycles. The predicted molar refractivity (Wildman–Crippen MR) is 78.4 cm³/mol. The second-order valence-electron chi connectivity index (χ2n) is 6.68. The van der Waals surface area contributed by atoms with E-state index in [0.29, 0.717) is 32.0 Å². The first-order valence-corrected chi connectivity index (χ1v) is 7.43. The lowest BCUT2D eigenvalue weighted by Gasteiger charge is -2.43. The molecule has 0 saturated carbocycles. The van der Waals surface area contributed by atoms with Gasteiger partial charge in [-0.1, -0.05) is 20.8 Å². The van der Waals surface area contributed by atoms with Gasteiger partial charge in [0.05, 0.1) is 6.04 Å². The molecule has 1 saturated heterocycles. The van der Waals surface area contributed by atoms with Gasteiger partial charge in [0.25, 0.3) is 0 Å². The quantitative estimate of drug-likeness (QED) is 0.783. The van der Waals surface area contributed by atoms with Crippen molar-refractivity contribution in [1.29, 1.82) is 0 Å². The highest BCUT2D eigenvalue weighted by Crippen LogP contribution is 2.20. The molecule has 1 fully saturated rings. The Morgan fingerprint density at radius 3 is 2.30 bits per heavy atom. The molecular weight excluding hydrogens is 256 g/mol. The van der Waals surface area contributed by atoms with Crippen molar-refractivity contribution in [2.75, 3.05) is 19.6 Å². The average Bonchev–Trinajstić information content (AvgIpc) is 2.35. The standard InChI is InChI=1S/C15H28N2O3/c1-7-13(18)17-9-8-16(10-12(17)11(2)3)14(19)20-15(4,5)6/h11-12H,7-10H2,1-6H3. The molecule has 1 heterocycles. The molecule has 0 radical (unpaired) electrons. The number of amides is 2. The van der Waals surface area contributed by atoms with E-state index in [1.54, 1.807) is 4.90 Å². The van der Waals surface area contributed by atoms with Crippen LogP contribution in [0.2, 0.25) is 0 Å². The molecule has 1 atom stereocenters. The number of carbonyl (C=O) groups is 2. The highest BCUT2D eigenvalue weighted by Gasteiger charge is 2.35. The molecule has 2 amide bonds. The lowest BCUT2D eigenvalue weighted by molar-refractivity contribution is -0.137. The largest absolute Gasteiger partial charge is 0.444 e. The highest BCUT2D eigenvalue weighted by molar-refractivity contribution is 5.77. The van der Waals surface area contributed by atoms with Crippen LogP contribution in [-0.2, 0) is 9.53 Å². The van der Waals surface area contributed by atoms with E-state index in [1.165, 1.54) is 0 Å². The third-order valence-corrected chi connectivity index (χ3v) is 3.46. The van der Waals surface area contributed by atoms with E-state index in [9.17, 15) is 9.59 Å². The smallest absolute Gasteiger partial charge is 0.410 e. The monoisotopic (exact) mass is 284 g/mol. The Bertz CT molecular complexity index is 361. The molecule has 0 bridgehead atoms. The number of rotatable bonds is 2. The van der Waals surface area contributed by atoms with E-state index in [4.69, 9.17) is 4.74 Å². The van der Waals surface area contributed by atoms with Crippen LogP contribution in [0.1, 0.15) is 48.0 Å². The van der Waals surface area contributed by atoms with Crippen molar-refractivity contribution >= 4 is 12.0 Å². The Morgan fingerprint density at radius 1 is 1.25 bits per heavy atom. The van der Waals surface area contributed by atoms with Crippen LogP contribution in [-0.4, -0.2) is 53.1 Å². The third kappa shape index (κ3) is 4.39. The Kier molecular flexibility index (Phi) is 5.42. The summed E-state index contributed by atoms with van der Waals surface area (Å²) in [5, 5.41) is 0. The van der Waals surface area contributed by atoms with Crippen molar-refractivity contribution in [3.63, 3.8) is 0 Å². The van der Waals surface area contributed by atoms with Gasteiger partial charge in [-0.25, -0.2) is 4.79 Å². The first-order valence-electron chi connectivity index (χ1n) is 7.43. The summed E-state index contributed by atoms with van der Waals surface area (Å²) in [6, 6.07) is 0.0729. The number of ether oxygens (including phenoxy) is 1. The summed E-state index contributed by atoms with van der Waals surface area (Å²) in [5.41, 5.74) is -0.485. The zero-order valence-electron chi connectivity index (χ0n) is 13.6. The summed E-state index contributed by atoms with van der Waals surface area (Å²) in [6.45, 7) is 13.3. The molecule has 0 N–H and O–H groups in total. The molecule has 1 unspecified atom stereocenters. The molecule has 1 aliphatic rings. The Balaban J connectivity index is 2.73. The van der Waals surface area contributed by atoms with Gasteiger partial charge in [-0.15, -0.1) is 0 Å². The van der Waals surface area contributed by atoms with Crippen LogP contribution in [0.4, 0.5) is 4.79 Å². The normalized spacial score (nSPS) is 20.2. The Hall–Kier alpha value is -1.26. The van der Waals surface area contributed by atoms with Gasteiger partial charge in [0.1, 0.15) is 5.60 Å². The molecule has 0 spiro atoms. The minimum absolute atomic E-state index is 0.0729. The average molecular weight is 284 g/mol. The first-order chi connectivity index (χ1) is 9.15. The molecule has 0 aromatic rings. The topological polar surface area (TPSA) is 49.9 Å². The van der Waals surface area contributed by atoms with E-state index >= 15 is 0 Å². The van der Waals surface area contributed by atoms with Crippen LogP contribution in [0.15, 0.2) is 0 Å². The van der Waals surface area contributed by atoms with Crippen LogP contribution in [0, 0.1) is 5.92 Å². The highest BCUT2D eigenvalue weighted by atomic mass is 16.6. The molecule has 5 nitrogen and oxygen atoms in total.